The molecule has 1 fully saturated rings. The van der Waals surface area contributed by atoms with Gasteiger partial charge in [-0.15, -0.1) is 0 Å². The van der Waals surface area contributed by atoms with E-state index in [0.717, 1.165) is 24.8 Å². The Morgan fingerprint density at radius 1 is 1.22 bits per heavy atom. The van der Waals surface area contributed by atoms with Crippen molar-refractivity contribution in [3.63, 3.8) is 0 Å². The van der Waals surface area contributed by atoms with Crippen LogP contribution in [0, 0.1) is 5.82 Å². The number of benzene rings is 2. The first-order valence-electron chi connectivity index (χ1n) is 10.6. The van der Waals surface area contributed by atoms with E-state index in [9.17, 15) is 17.6 Å². The third-order valence-electron chi connectivity index (χ3n) is 5.91. The van der Waals surface area contributed by atoms with Crippen LogP contribution in [0.5, 0.6) is 5.75 Å². The highest BCUT2D eigenvalue weighted by Crippen LogP contribution is 2.35. The Bertz CT molecular complexity index is 1040. The van der Waals surface area contributed by atoms with Crippen molar-refractivity contribution in [3.8, 4) is 5.75 Å². The average molecular weight is 464 g/mol. The number of primary sulfonamides is 1. The number of nitrogens with one attached hydrogen (secondary N) is 2. The zero-order valence-corrected chi connectivity index (χ0v) is 19.1. The number of hydrogen-bond donors (Lipinski definition) is 3. The van der Waals surface area contributed by atoms with E-state index in [2.05, 4.69) is 17.6 Å². The van der Waals surface area contributed by atoms with Gasteiger partial charge >= 0.3 is 0 Å². The van der Waals surface area contributed by atoms with E-state index >= 15 is 0 Å². The topological polar surface area (TPSA) is 111 Å². The molecule has 4 N–H and O–H groups in total. The van der Waals surface area contributed by atoms with Gasteiger partial charge in [-0.25, -0.2) is 17.9 Å². The average Bonchev–Trinajstić information content (AvgIpc) is 3.21. The molecule has 0 aliphatic heterocycles. The molecule has 0 bridgehead atoms. The highest BCUT2D eigenvalue weighted by Gasteiger charge is 2.27. The number of carbonyl (C=O) groups excluding carboxylic acids is 1. The molecule has 0 radical (unpaired) electrons. The van der Waals surface area contributed by atoms with E-state index in [1.54, 1.807) is 24.3 Å². The number of rotatable bonds is 9. The Morgan fingerprint density at radius 2 is 1.94 bits per heavy atom. The van der Waals surface area contributed by atoms with Crippen LogP contribution in [0.4, 0.5) is 4.39 Å². The summed E-state index contributed by atoms with van der Waals surface area (Å²) in [6.45, 7) is 2.04. The molecule has 1 unspecified atom stereocenters. The maximum atomic E-state index is 13.7. The van der Waals surface area contributed by atoms with Crippen molar-refractivity contribution >= 4 is 15.9 Å². The second-order valence-electron chi connectivity index (χ2n) is 8.23. The summed E-state index contributed by atoms with van der Waals surface area (Å²) in [4.78, 5) is 12.1. The number of carbonyl (C=O) groups is 1. The fourth-order valence-electron chi connectivity index (χ4n) is 4.15. The molecule has 0 aromatic heterocycles. The first-order valence-corrected chi connectivity index (χ1v) is 12.4. The predicted molar refractivity (Wildman–Crippen MR) is 122 cm³/mol. The lowest BCUT2D eigenvalue weighted by Gasteiger charge is -2.21. The van der Waals surface area contributed by atoms with E-state index < -0.39 is 10.0 Å². The molecule has 9 heteroatoms. The van der Waals surface area contributed by atoms with Crippen molar-refractivity contribution < 1.29 is 22.3 Å². The van der Waals surface area contributed by atoms with Gasteiger partial charge in [-0.3, -0.25) is 4.79 Å². The number of hydrogen-bond acceptors (Lipinski definition) is 5. The van der Waals surface area contributed by atoms with Gasteiger partial charge in [-0.2, -0.15) is 0 Å². The van der Waals surface area contributed by atoms with Gasteiger partial charge in [0.15, 0.2) is 11.6 Å². The molecule has 1 saturated carbocycles. The summed E-state index contributed by atoms with van der Waals surface area (Å²) in [5.74, 6) is -0.354. The Balaban J connectivity index is 1.53. The number of methoxy groups -OCH3 is 1. The second-order valence-corrected chi connectivity index (χ2v) is 9.97. The van der Waals surface area contributed by atoms with Crippen LogP contribution in [0.2, 0.25) is 0 Å². The molecular formula is C23H30FN3O4S. The molecule has 0 heterocycles. The molecule has 0 saturated heterocycles. The summed E-state index contributed by atoms with van der Waals surface area (Å²) in [7, 11) is -2.14. The van der Waals surface area contributed by atoms with Crippen molar-refractivity contribution in [2.24, 2.45) is 5.14 Å². The molecular weight excluding hydrogens is 433 g/mol. The van der Waals surface area contributed by atoms with E-state index in [1.807, 2.05) is 12.1 Å². The van der Waals surface area contributed by atoms with Crippen LogP contribution in [0.15, 0.2) is 42.5 Å². The minimum absolute atomic E-state index is 0.0203. The highest BCUT2D eigenvalue weighted by molar-refractivity contribution is 7.89. The summed E-state index contributed by atoms with van der Waals surface area (Å²) in [5, 5.41) is 11.1. The molecule has 32 heavy (non-hydrogen) atoms. The molecule has 7 nitrogen and oxygen atoms in total. The Morgan fingerprint density at radius 3 is 2.59 bits per heavy atom. The highest BCUT2D eigenvalue weighted by atomic mass is 32.2. The van der Waals surface area contributed by atoms with E-state index in [4.69, 9.17) is 9.88 Å². The van der Waals surface area contributed by atoms with Gasteiger partial charge in [0, 0.05) is 24.2 Å². The standard InChI is InChI=1S/C23H30FN3O4S/c1-15(18-8-10-21(24)22(14-18)31-2)27-20-9-7-19(13-20)16-3-5-17(6-4-16)23(28)26-11-12-32(25,29)30/h3-6,8,10,14-15,19-20,27H,7,9,11-13H2,1-2H3,(H,26,28)(H2,25,29,30)/t15-,19?,20+/m1/s1. The fraction of sp³-hybridized carbons (Fsp3) is 0.435. The number of amides is 1. The molecule has 2 aromatic carbocycles. The van der Waals surface area contributed by atoms with E-state index in [0.29, 0.717) is 17.5 Å². The molecule has 3 rings (SSSR count). The fourth-order valence-corrected chi connectivity index (χ4v) is 4.53. The van der Waals surface area contributed by atoms with Crippen LogP contribution in [0.1, 0.15) is 59.6 Å². The number of halogens is 1. The molecule has 0 spiro atoms. The molecule has 1 aliphatic rings. The third-order valence-corrected chi connectivity index (χ3v) is 6.68. The van der Waals surface area contributed by atoms with Gasteiger partial charge in [0.05, 0.1) is 12.9 Å². The minimum Gasteiger partial charge on any atom is -0.494 e. The Labute approximate surface area is 188 Å². The summed E-state index contributed by atoms with van der Waals surface area (Å²) in [5.41, 5.74) is 2.63. The normalized spacial score (nSPS) is 19.5. The van der Waals surface area contributed by atoms with E-state index in [-0.39, 0.29) is 35.8 Å². The van der Waals surface area contributed by atoms with Gasteiger partial charge in [-0.1, -0.05) is 18.2 Å². The van der Waals surface area contributed by atoms with Crippen LogP contribution in [-0.4, -0.2) is 39.8 Å². The molecule has 2 aromatic rings. The van der Waals surface area contributed by atoms with Crippen LogP contribution >= 0.6 is 0 Å². The van der Waals surface area contributed by atoms with Crippen molar-refractivity contribution in [2.75, 3.05) is 19.4 Å². The van der Waals surface area contributed by atoms with Crippen molar-refractivity contribution in [2.45, 2.75) is 44.2 Å². The van der Waals surface area contributed by atoms with Crippen LogP contribution < -0.4 is 20.5 Å². The zero-order chi connectivity index (χ0) is 23.3. The maximum absolute atomic E-state index is 13.7. The zero-order valence-electron chi connectivity index (χ0n) is 18.3. The van der Waals surface area contributed by atoms with Gasteiger partial charge in [0.2, 0.25) is 10.0 Å². The van der Waals surface area contributed by atoms with Gasteiger partial charge in [-0.05, 0) is 67.5 Å². The minimum atomic E-state index is -3.60. The van der Waals surface area contributed by atoms with Crippen molar-refractivity contribution in [3.05, 3.63) is 65.0 Å². The maximum Gasteiger partial charge on any atom is 0.251 e. The van der Waals surface area contributed by atoms with Crippen LogP contribution in [-0.2, 0) is 10.0 Å². The smallest absolute Gasteiger partial charge is 0.251 e. The quantitative estimate of drug-likeness (QED) is 0.530. The van der Waals surface area contributed by atoms with Crippen LogP contribution in [0.25, 0.3) is 0 Å². The lowest BCUT2D eigenvalue weighted by atomic mass is 9.96. The summed E-state index contributed by atoms with van der Waals surface area (Å²) >= 11 is 0. The summed E-state index contributed by atoms with van der Waals surface area (Å²) in [6.07, 6.45) is 3.04. The lowest BCUT2D eigenvalue weighted by Crippen LogP contribution is -2.31. The molecule has 3 atom stereocenters. The first-order chi connectivity index (χ1) is 15.2. The van der Waals surface area contributed by atoms with Gasteiger partial charge in [0.1, 0.15) is 0 Å². The van der Waals surface area contributed by atoms with E-state index in [1.165, 1.54) is 18.7 Å². The second kappa shape index (κ2) is 10.4. The number of nitrogens with two attached hydrogens (primary N) is 1. The number of sulfonamides is 1. The van der Waals surface area contributed by atoms with Crippen molar-refractivity contribution in [1.82, 2.24) is 10.6 Å². The molecule has 1 aliphatic carbocycles. The Hall–Kier alpha value is -2.49. The van der Waals surface area contributed by atoms with Crippen molar-refractivity contribution in [1.29, 1.82) is 0 Å². The lowest BCUT2D eigenvalue weighted by molar-refractivity contribution is 0.0956. The predicted octanol–water partition coefficient (Wildman–Crippen LogP) is 2.84. The van der Waals surface area contributed by atoms with Gasteiger partial charge < -0.3 is 15.4 Å². The first kappa shape index (κ1) is 24.2. The SMILES string of the molecule is COc1cc([C@@H](C)N[C@H]2CCC(c3ccc(C(=O)NCCS(N)(=O)=O)cc3)C2)ccc1F. The molecule has 174 valence electrons. The third kappa shape index (κ3) is 6.51. The summed E-state index contributed by atoms with van der Waals surface area (Å²) < 4.78 is 40.7. The monoisotopic (exact) mass is 463 g/mol. The Kier molecular flexibility index (Phi) is 7.86. The molecule has 1 amide bonds. The number of ether oxygens (including phenoxy) is 1. The largest absolute Gasteiger partial charge is 0.494 e. The van der Waals surface area contributed by atoms with Gasteiger partial charge in [0.25, 0.3) is 5.91 Å². The summed E-state index contributed by atoms with van der Waals surface area (Å²) in [6, 6.07) is 12.8. The van der Waals surface area contributed by atoms with Crippen LogP contribution in [0.3, 0.4) is 0 Å².